The largest absolute Gasteiger partial charge is 0.377 e. The first-order valence-electron chi connectivity index (χ1n) is 8.27. The van der Waals surface area contributed by atoms with Gasteiger partial charge in [-0.1, -0.05) is 12.1 Å². The summed E-state index contributed by atoms with van der Waals surface area (Å²) in [5, 5.41) is 13.1. The van der Waals surface area contributed by atoms with Gasteiger partial charge in [0.05, 0.1) is 15.9 Å². The first-order valence-corrected chi connectivity index (χ1v) is 10.6. The van der Waals surface area contributed by atoms with Crippen molar-refractivity contribution in [1.82, 2.24) is 4.31 Å². The molecule has 0 aliphatic carbocycles. The zero-order valence-corrected chi connectivity index (χ0v) is 16.0. The monoisotopic (exact) mass is 396 g/mol. The highest BCUT2D eigenvalue weighted by molar-refractivity contribution is 7.89. The first-order chi connectivity index (χ1) is 12.4. The molecule has 0 radical (unpaired) electrons. The van der Waals surface area contributed by atoms with Crippen LogP contribution in [0.5, 0.6) is 0 Å². The SMILES string of the molecule is Cc1ccc(S(=O)(=O)N(Cc2cccs2)C[C@@H]2CCCO2)cc1[N+](=O)[O-]. The van der Waals surface area contributed by atoms with Crippen molar-refractivity contribution in [1.29, 1.82) is 0 Å². The molecular formula is C17H20N2O5S2. The Morgan fingerprint density at radius 1 is 1.38 bits per heavy atom. The number of hydrogen-bond donors (Lipinski definition) is 0. The first kappa shape index (κ1) is 19.0. The normalized spacial score (nSPS) is 17.7. The molecule has 1 aromatic heterocycles. The van der Waals surface area contributed by atoms with Crippen LogP contribution in [0.15, 0.2) is 40.6 Å². The third-order valence-corrected chi connectivity index (χ3v) is 7.03. The van der Waals surface area contributed by atoms with E-state index in [9.17, 15) is 18.5 Å². The fourth-order valence-electron chi connectivity index (χ4n) is 2.93. The zero-order valence-electron chi connectivity index (χ0n) is 14.3. The van der Waals surface area contributed by atoms with Gasteiger partial charge in [0.15, 0.2) is 0 Å². The molecule has 26 heavy (non-hydrogen) atoms. The van der Waals surface area contributed by atoms with Crippen LogP contribution < -0.4 is 0 Å². The molecule has 2 aromatic rings. The van der Waals surface area contributed by atoms with E-state index in [4.69, 9.17) is 4.74 Å². The second-order valence-electron chi connectivity index (χ2n) is 6.22. The summed E-state index contributed by atoms with van der Waals surface area (Å²) in [6, 6.07) is 7.78. The quantitative estimate of drug-likeness (QED) is 0.529. The minimum atomic E-state index is -3.88. The number of rotatable bonds is 7. The second-order valence-corrected chi connectivity index (χ2v) is 9.19. The summed E-state index contributed by atoms with van der Waals surface area (Å²) in [5.41, 5.74) is 0.233. The molecule has 0 unspecified atom stereocenters. The third kappa shape index (κ3) is 4.12. The molecule has 1 aromatic carbocycles. The fraction of sp³-hybridized carbons (Fsp3) is 0.412. The van der Waals surface area contributed by atoms with Gasteiger partial charge in [-0.3, -0.25) is 10.1 Å². The number of sulfonamides is 1. The maximum absolute atomic E-state index is 13.2. The number of nitrogens with zero attached hydrogens (tertiary/aromatic N) is 2. The molecule has 0 amide bonds. The average Bonchev–Trinajstić information content (AvgIpc) is 3.28. The molecule has 1 fully saturated rings. The Hall–Kier alpha value is -1.81. The maximum atomic E-state index is 13.2. The van der Waals surface area contributed by atoms with E-state index >= 15 is 0 Å². The van der Waals surface area contributed by atoms with E-state index in [-0.39, 0.29) is 29.8 Å². The molecule has 9 heteroatoms. The Morgan fingerprint density at radius 2 is 2.19 bits per heavy atom. The van der Waals surface area contributed by atoms with Crippen LogP contribution in [0.2, 0.25) is 0 Å². The molecule has 2 heterocycles. The van der Waals surface area contributed by atoms with Gasteiger partial charge in [0.2, 0.25) is 10.0 Å². The minimum Gasteiger partial charge on any atom is -0.377 e. The number of thiophene rings is 1. The lowest BCUT2D eigenvalue weighted by Crippen LogP contribution is -2.36. The van der Waals surface area contributed by atoms with E-state index in [0.29, 0.717) is 12.2 Å². The summed E-state index contributed by atoms with van der Waals surface area (Å²) < 4.78 is 33.3. The number of benzene rings is 1. The molecule has 1 aliphatic heterocycles. The highest BCUT2D eigenvalue weighted by Gasteiger charge is 2.30. The van der Waals surface area contributed by atoms with E-state index in [0.717, 1.165) is 23.8 Å². The van der Waals surface area contributed by atoms with Gasteiger partial charge in [-0.25, -0.2) is 8.42 Å². The van der Waals surface area contributed by atoms with Gasteiger partial charge in [-0.15, -0.1) is 11.3 Å². The minimum absolute atomic E-state index is 0.0654. The number of aryl methyl sites for hydroxylation is 1. The van der Waals surface area contributed by atoms with Crippen molar-refractivity contribution in [2.75, 3.05) is 13.2 Å². The maximum Gasteiger partial charge on any atom is 0.273 e. The van der Waals surface area contributed by atoms with Crippen LogP contribution in [0, 0.1) is 17.0 Å². The molecule has 7 nitrogen and oxygen atoms in total. The van der Waals surface area contributed by atoms with Gasteiger partial charge in [0.1, 0.15) is 0 Å². The van der Waals surface area contributed by atoms with Gasteiger partial charge in [0, 0.05) is 36.2 Å². The molecule has 0 saturated carbocycles. The molecular weight excluding hydrogens is 376 g/mol. The Labute approximate surface area is 156 Å². The molecule has 140 valence electrons. The lowest BCUT2D eigenvalue weighted by atomic mass is 10.2. The van der Waals surface area contributed by atoms with Gasteiger partial charge in [-0.05, 0) is 37.3 Å². The van der Waals surface area contributed by atoms with E-state index in [1.54, 1.807) is 6.92 Å². The summed E-state index contributed by atoms with van der Waals surface area (Å²) in [6.07, 6.45) is 1.57. The number of ether oxygens (including phenoxy) is 1. The van der Waals surface area contributed by atoms with Crippen LogP contribution in [0.4, 0.5) is 5.69 Å². The van der Waals surface area contributed by atoms with Crippen molar-refractivity contribution in [3.8, 4) is 0 Å². The van der Waals surface area contributed by atoms with E-state index in [2.05, 4.69) is 0 Å². The molecule has 0 bridgehead atoms. The fourth-order valence-corrected chi connectivity index (χ4v) is 5.21. The van der Waals surface area contributed by atoms with Crippen molar-refractivity contribution in [2.24, 2.45) is 0 Å². The van der Waals surface area contributed by atoms with Crippen LogP contribution in [-0.2, 0) is 21.3 Å². The number of nitro benzene ring substituents is 1. The Balaban J connectivity index is 1.94. The zero-order chi connectivity index (χ0) is 18.7. The van der Waals surface area contributed by atoms with E-state index in [1.165, 1.54) is 27.8 Å². The lowest BCUT2D eigenvalue weighted by Gasteiger charge is -2.24. The van der Waals surface area contributed by atoms with Crippen LogP contribution in [0.25, 0.3) is 0 Å². The summed E-state index contributed by atoms with van der Waals surface area (Å²) in [6.45, 7) is 2.68. The predicted molar refractivity (Wildman–Crippen MR) is 98.7 cm³/mol. The average molecular weight is 396 g/mol. The van der Waals surface area contributed by atoms with Crippen molar-refractivity contribution in [2.45, 2.75) is 37.3 Å². The van der Waals surface area contributed by atoms with Crippen LogP contribution >= 0.6 is 11.3 Å². The Kier molecular flexibility index (Phi) is 5.71. The predicted octanol–water partition coefficient (Wildman–Crippen LogP) is 3.33. The van der Waals surface area contributed by atoms with Crippen molar-refractivity contribution in [3.05, 3.63) is 56.3 Å². The molecule has 3 rings (SSSR count). The third-order valence-electron chi connectivity index (χ3n) is 4.36. The molecule has 0 N–H and O–H groups in total. The van der Waals surface area contributed by atoms with Crippen molar-refractivity contribution < 1.29 is 18.1 Å². The van der Waals surface area contributed by atoms with Crippen molar-refractivity contribution in [3.63, 3.8) is 0 Å². The second kappa shape index (κ2) is 7.83. The Morgan fingerprint density at radius 3 is 2.81 bits per heavy atom. The summed E-state index contributed by atoms with van der Waals surface area (Å²) in [4.78, 5) is 11.5. The highest BCUT2D eigenvalue weighted by atomic mass is 32.2. The van der Waals surface area contributed by atoms with Gasteiger partial charge < -0.3 is 4.74 Å². The van der Waals surface area contributed by atoms with Crippen LogP contribution in [0.3, 0.4) is 0 Å². The molecule has 1 aliphatic rings. The highest BCUT2D eigenvalue weighted by Crippen LogP contribution is 2.27. The lowest BCUT2D eigenvalue weighted by molar-refractivity contribution is -0.385. The number of hydrogen-bond acceptors (Lipinski definition) is 6. The summed E-state index contributed by atoms with van der Waals surface area (Å²) >= 11 is 1.48. The number of nitro groups is 1. The molecule has 1 atom stereocenters. The van der Waals surface area contributed by atoms with Gasteiger partial charge in [-0.2, -0.15) is 4.31 Å². The van der Waals surface area contributed by atoms with Crippen LogP contribution in [-0.4, -0.2) is 36.9 Å². The summed E-state index contributed by atoms with van der Waals surface area (Å²) in [5.74, 6) is 0. The van der Waals surface area contributed by atoms with Gasteiger partial charge in [0.25, 0.3) is 5.69 Å². The standard InChI is InChI=1S/C17H20N2O5S2/c1-13-6-7-16(10-17(13)19(20)21)26(22,23)18(11-14-4-2-8-24-14)12-15-5-3-9-25-15/h3,5-7,9-10,14H,2,4,8,11-12H2,1H3/t14-/m0/s1. The van der Waals surface area contributed by atoms with Gasteiger partial charge >= 0.3 is 0 Å². The van der Waals surface area contributed by atoms with Crippen LogP contribution in [0.1, 0.15) is 23.3 Å². The summed E-state index contributed by atoms with van der Waals surface area (Å²) in [7, 11) is -3.88. The van der Waals surface area contributed by atoms with E-state index < -0.39 is 14.9 Å². The molecule has 1 saturated heterocycles. The van der Waals surface area contributed by atoms with Crippen molar-refractivity contribution >= 4 is 27.0 Å². The van der Waals surface area contributed by atoms with E-state index in [1.807, 2.05) is 17.5 Å². The molecule has 0 spiro atoms. The topological polar surface area (TPSA) is 89.8 Å². The Bertz CT molecular complexity index is 875. The smallest absolute Gasteiger partial charge is 0.273 e.